The minimum Gasteiger partial charge on any atom is -0.388 e. The maximum absolute atomic E-state index is 9.87. The Labute approximate surface area is 86.0 Å². The molecule has 1 rings (SSSR count). The zero-order valence-electron chi connectivity index (χ0n) is 9.20. The molecule has 1 heterocycles. The summed E-state index contributed by atoms with van der Waals surface area (Å²) in [6.45, 7) is 6.25. The molecule has 0 spiro atoms. The van der Waals surface area contributed by atoms with Gasteiger partial charge in [-0.3, -0.25) is 4.98 Å². The van der Waals surface area contributed by atoms with E-state index in [1.54, 1.807) is 6.20 Å². The van der Waals surface area contributed by atoms with E-state index in [-0.39, 0.29) is 6.10 Å². The van der Waals surface area contributed by atoms with Crippen LogP contribution in [-0.2, 0) is 0 Å². The second kappa shape index (κ2) is 5.11. The molecule has 1 aromatic rings. The zero-order valence-corrected chi connectivity index (χ0v) is 9.20. The van der Waals surface area contributed by atoms with Crippen molar-refractivity contribution in [2.24, 2.45) is 5.92 Å². The van der Waals surface area contributed by atoms with Gasteiger partial charge in [-0.05, 0) is 30.9 Å². The number of aliphatic hydroxyl groups is 1. The van der Waals surface area contributed by atoms with E-state index in [1.165, 1.54) is 0 Å². The van der Waals surface area contributed by atoms with Crippen LogP contribution in [0.2, 0.25) is 0 Å². The quantitative estimate of drug-likeness (QED) is 0.797. The highest BCUT2D eigenvalue weighted by molar-refractivity contribution is 5.15. The molecule has 78 valence electrons. The van der Waals surface area contributed by atoms with Crippen LogP contribution in [0.1, 0.15) is 44.1 Å². The molecule has 2 unspecified atom stereocenters. The molecule has 1 aromatic heterocycles. The Morgan fingerprint density at radius 3 is 2.64 bits per heavy atom. The average molecular weight is 193 g/mol. The van der Waals surface area contributed by atoms with Crippen LogP contribution in [0.3, 0.4) is 0 Å². The Kier molecular flexibility index (Phi) is 4.08. The van der Waals surface area contributed by atoms with Crippen molar-refractivity contribution < 1.29 is 5.11 Å². The van der Waals surface area contributed by atoms with Gasteiger partial charge in [-0.2, -0.15) is 0 Å². The molecule has 14 heavy (non-hydrogen) atoms. The number of aromatic nitrogens is 1. The molecular formula is C12H19NO. The maximum Gasteiger partial charge on any atom is 0.0807 e. The molecule has 0 fully saturated rings. The van der Waals surface area contributed by atoms with E-state index in [4.69, 9.17) is 0 Å². The molecule has 0 aliphatic rings. The lowest BCUT2D eigenvalue weighted by atomic mass is 9.97. The van der Waals surface area contributed by atoms with Gasteiger partial charge in [0, 0.05) is 11.9 Å². The third-order valence-corrected chi connectivity index (χ3v) is 2.64. The lowest BCUT2D eigenvalue weighted by Gasteiger charge is -2.14. The SMILES string of the molecule is CCC(C)CC(O)c1ccc(C)nc1. The summed E-state index contributed by atoms with van der Waals surface area (Å²) < 4.78 is 0. The van der Waals surface area contributed by atoms with Crippen LogP contribution in [0.5, 0.6) is 0 Å². The van der Waals surface area contributed by atoms with Crippen molar-refractivity contribution in [3.63, 3.8) is 0 Å². The molecule has 0 radical (unpaired) electrons. The first-order valence-corrected chi connectivity index (χ1v) is 5.24. The van der Waals surface area contributed by atoms with Crippen LogP contribution in [0.4, 0.5) is 0 Å². The van der Waals surface area contributed by atoms with Crippen LogP contribution >= 0.6 is 0 Å². The Morgan fingerprint density at radius 1 is 1.43 bits per heavy atom. The summed E-state index contributed by atoms with van der Waals surface area (Å²) in [6, 6.07) is 3.89. The van der Waals surface area contributed by atoms with Crippen LogP contribution in [0.25, 0.3) is 0 Å². The monoisotopic (exact) mass is 193 g/mol. The smallest absolute Gasteiger partial charge is 0.0807 e. The number of aryl methyl sites for hydroxylation is 1. The van der Waals surface area contributed by atoms with Gasteiger partial charge in [-0.25, -0.2) is 0 Å². The molecule has 2 heteroatoms. The van der Waals surface area contributed by atoms with E-state index < -0.39 is 0 Å². The van der Waals surface area contributed by atoms with Crippen molar-refractivity contribution >= 4 is 0 Å². The fraction of sp³-hybridized carbons (Fsp3) is 0.583. The average Bonchev–Trinajstić information content (AvgIpc) is 2.18. The predicted molar refractivity (Wildman–Crippen MR) is 58.0 cm³/mol. The lowest BCUT2D eigenvalue weighted by molar-refractivity contribution is 0.146. The summed E-state index contributed by atoms with van der Waals surface area (Å²) in [4.78, 5) is 4.17. The molecule has 0 saturated carbocycles. The van der Waals surface area contributed by atoms with Gasteiger partial charge in [0.2, 0.25) is 0 Å². The van der Waals surface area contributed by atoms with Gasteiger partial charge < -0.3 is 5.11 Å². The second-order valence-corrected chi connectivity index (χ2v) is 4.00. The first kappa shape index (κ1) is 11.2. The highest BCUT2D eigenvalue weighted by atomic mass is 16.3. The third-order valence-electron chi connectivity index (χ3n) is 2.64. The number of hydrogen-bond acceptors (Lipinski definition) is 2. The fourth-order valence-corrected chi connectivity index (χ4v) is 1.36. The van der Waals surface area contributed by atoms with Crippen molar-refractivity contribution in [2.45, 2.75) is 39.7 Å². The second-order valence-electron chi connectivity index (χ2n) is 4.00. The Balaban J connectivity index is 2.60. The molecule has 2 atom stereocenters. The van der Waals surface area contributed by atoms with E-state index in [0.717, 1.165) is 24.1 Å². The highest BCUT2D eigenvalue weighted by Crippen LogP contribution is 2.21. The summed E-state index contributed by atoms with van der Waals surface area (Å²) in [7, 11) is 0. The summed E-state index contributed by atoms with van der Waals surface area (Å²) in [5, 5.41) is 9.87. The Morgan fingerprint density at radius 2 is 2.14 bits per heavy atom. The number of rotatable bonds is 4. The first-order valence-electron chi connectivity index (χ1n) is 5.24. The van der Waals surface area contributed by atoms with Crippen LogP contribution in [-0.4, -0.2) is 10.1 Å². The molecule has 1 N–H and O–H groups in total. The molecule has 0 saturated heterocycles. The van der Waals surface area contributed by atoms with Gasteiger partial charge in [-0.1, -0.05) is 26.3 Å². The topological polar surface area (TPSA) is 33.1 Å². The third kappa shape index (κ3) is 3.11. The summed E-state index contributed by atoms with van der Waals surface area (Å²) >= 11 is 0. The predicted octanol–water partition coefficient (Wildman–Crippen LogP) is 2.86. The van der Waals surface area contributed by atoms with Gasteiger partial charge in [0.15, 0.2) is 0 Å². The van der Waals surface area contributed by atoms with Crippen molar-refractivity contribution in [3.05, 3.63) is 29.6 Å². The lowest BCUT2D eigenvalue weighted by Crippen LogP contribution is -2.04. The Bertz CT molecular complexity index is 268. The number of nitrogens with zero attached hydrogens (tertiary/aromatic N) is 1. The van der Waals surface area contributed by atoms with E-state index >= 15 is 0 Å². The van der Waals surface area contributed by atoms with Crippen LogP contribution in [0.15, 0.2) is 18.3 Å². The van der Waals surface area contributed by atoms with Crippen molar-refractivity contribution in [2.75, 3.05) is 0 Å². The molecule has 0 amide bonds. The highest BCUT2D eigenvalue weighted by Gasteiger charge is 2.11. The summed E-state index contributed by atoms with van der Waals surface area (Å²) in [5.41, 5.74) is 1.92. The number of aliphatic hydroxyl groups excluding tert-OH is 1. The molecule has 0 aliphatic heterocycles. The fourth-order valence-electron chi connectivity index (χ4n) is 1.36. The van der Waals surface area contributed by atoms with E-state index in [1.807, 2.05) is 19.1 Å². The minimum absolute atomic E-state index is 0.363. The van der Waals surface area contributed by atoms with Gasteiger partial charge in [-0.15, -0.1) is 0 Å². The zero-order chi connectivity index (χ0) is 10.6. The van der Waals surface area contributed by atoms with Crippen molar-refractivity contribution in [3.8, 4) is 0 Å². The molecule has 0 aromatic carbocycles. The summed E-state index contributed by atoms with van der Waals surface area (Å²) in [6.07, 6.45) is 3.33. The molecular weight excluding hydrogens is 174 g/mol. The normalized spacial score (nSPS) is 15.1. The number of hydrogen-bond donors (Lipinski definition) is 1. The molecule has 2 nitrogen and oxygen atoms in total. The van der Waals surface area contributed by atoms with Gasteiger partial charge >= 0.3 is 0 Å². The minimum atomic E-state index is -0.363. The first-order chi connectivity index (χ1) is 6.63. The molecule has 0 aliphatic carbocycles. The van der Waals surface area contributed by atoms with Crippen LogP contribution < -0.4 is 0 Å². The van der Waals surface area contributed by atoms with E-state index in [9.17, 15) is 5.11 Å². The van der Waals surface area contributed by atoms with Gasteiger partial charge in [0.1, 0.15) is 0 Å². The van der Waals surface area contributed by atoms with Crippen molar-refractivity contribution in [1.82, 2.24) is 4.98 Å². The largest absolute Gasteiger partial charge is 0.388 e. The summed E-state index contributed by atoms with van der Waals surface area (Å²) in [5.74, 6) is 0.561. The van der Waals surface area contributed by atoms with Gasteiger partial charge in [0.05, 0.1) is 6.10 Å². The van der Waals surface area contributed by atoms with Crippen LogP contribution in [0, 0.1) is 12.8 Å². The van der Waals surface area contributed by atoms with E-state index in [2.05, 4.69) is 18.8 Å². The standard InChI is InChI=1S/C12H19NO/c1-4-9(2)7-12(14)11-6-5-10(3)13-8-11/h5-6,8-9,12,14H,4,7H2,1-3H3. The maximum atomic E-state index is 9.87. The van der Waals surface area contributed by atoms with Crippen molar-refractivity contribution in [1.29, 1.82) is 0 Å². The number of pyridine rings is 1. The van der Waals surface area contributed by atoms with Gasteiger partial charge in [0.25, 0.3) is 0 Å². The Hall–Kier alpha value is -0.890. The molecule has 0 bridgehead atoms. The van der Waals surface area contributed by atoms with E-state index in [0.29, 0.717) is 5.92 Å².